The van der Waals surface area contributed by atoms with Crippen molar-refractivity contribution < 1.29 is 14.3 Å². The molecule has 2 amide bonds. The van der Waals surface area contributed by atoms with Gasteiger partial charge in [-0.2, -0.15) is 0 Å². The van der Waals surface area contributed by atoms with Crippen molar-refractivity contribution in [2.45, 2.75) is 25.3 Å². The molecule has 0 aliphatic carbocycles. The van der Waals surface area contributed by atoms with Crippen molar-refractivity contribution in [3.8, 4) is 0 Å². The van der Waals surface area contributed by atoms with E-state index in [1.807, 2.05) is 38.1 Å². The summed E-state index contributed by atoms with van der Waals surface area (Å²) in [6, 6.07) is 6.82. The molecular formula is C14H17BrN2O3. The summed E-state index contributed by atoms with van der Waals surface area (Å²) in [5.74, 6) is -0.405. The molecule has 108 valence electrons. The lowest BCUT2D eigenvalue weighted by Gasteiger charge is -2.32. The SMILES string of the molecule is CC(C)(c1cccc(Br)c1)C(N)C(=O)N1CCOC1=O. The zero-order valence-corrected chi connectivity index (χ0v) is 13.0. The summed E-state index contributed by atoms with van der Waals surface area (Å²) in [7, 11) is 0. The Bertz CT molecular complexity index is 545. The van der Waals surface area contributed by atoms with E-state index in [1.54, 1.807) is 0 Å². The fourth-order valence-corrected chi connectivity index (χ4v) is 2.54. The standard InChI is InChI=1S/C14H17BrN2O3/c1-14(2,9-4-3-5-10(15)8-9)11(16)12(18)17-6-7-20-13(17)19/h3-5,8,11H,6-7,16H2,1-2H3. The molecular weight excluding hydrogens is 324 g/mol. The maximum Gasteiger partial charge on any atom is 0.416 e. The van der Waals surface area contributed by atoms with Crippen LogP contribution in [-0.2, 0) is 14.9 Å². The zero-order valence-electron chi connectivity index (χ0n) is 11.4. The molecule has 1 saturated heterocycles. The quantitative estimate of drug-likeness (QED) is 0.913. The van der Waals surface area contributed by atoms with Gasteiger partial charge in [0.25, 0.3) is 0 Å². The van der Waals surface area contributed by atoms with Crippen molar-refractivity contribution in [3.05, 3.63) is 34.3 Å². The Morgan fingerprint density at radius 2 is 2.20 bits per heavy atom. The number of cyclic esters (lactones) is 1. The van der Waals surface area contributed by atoms with Crippen LogP contribution in [-0.4, -0.2) is 36.1 Å². The molecule has 0 radical (unpaired) electrons. The monoisotopic (exact) mass is 340 g/mol. The van der Waals surface area contributed by atoms with E-state index in [9.17, 15) is 9.59 Å². The highest BCUT2D eigenvalue weighted by molar-refractivity contribution is 9.10. The predicted octanol–water partition coefficient (Wildman–Crippen LogP) is 2.03. The summed E-state index contributed by atoms with van der Waals surface area (Å²) >= 11 is 3.41. The van der Waals surface area contributed by atoms with Crippen molar-refractivity contribution in [1.82, 2.24) is 4.90 Å². The molecule has 20 heavy (non-hydrogen) atoms. The van der Waals surface area contributed by atoms with E-state index in [-0.39, 0.29) is 13.2 Å². The Morgan fingerprint density at radius 1 is 1.50 bits per heavy atom. The molecule has 6 heteroatoms. The van der Waals surface area contributed by atoms with Crippen LogP contribution in [0.2, 0.25) is 0 Å². The maximum atomic E-state index is 12.3. The van der Waals surface area contributed by atoms with Crippen LogP contribution in [0.5, 0.6) is 0 Å². The van der Waals surface area contributed by atoms with Gasteiger partial charge in [-0.3, -0.25) is 4.79 Å². The number of hydrogen-bond donors (Lipinski definition) is 1. The summed E-state index contributed by atoms with van der Waals surface area (Å²) in [6.07, 6.45) is -0.615. The predicted molar refractivity (Wildman–Crippen MR) is 78.2 cm³/mol. The first-order valence-electron chi connectivity index (χ1n) is 6.34. The van der Waals surface area contributed by atoms with Crippen LogP contribution >= 0.6 is 15.9 Å². The largest absolute Gasteiger partial charge is 0.447 e. The molecule has 1 unspecified atom stereocenters. The Labute approximate surface area is 126 Å². The van der Waals surface area contributed by atoms with Gasteiger partial charge < -0.3 is 10.5 Å². The van der Waals surface area contributed by atoms with Crippen LogP contribution in [0.1, 0.15) is 19.4 Å². The average Bonchev–Trinajstić information content (AvgIpc) is 2.83. The van der Waals surface area contributed by atoms with E-state index in [1.165, 1.54) is 0 Å². The first-order chi connectivity index (χ1) is 9.34. The third-order valence-electron chi connectivity index (χ3n) is 3.64. The van der Waals surface area contributed by atoms with E-state index in [0.717, 1.165) is 14.9 Å². The number of carbonyl (C=O) groups excluding carboxylic acids is 2. The number of halogens is 1. The minimum Gasteiger partial charge on any atom is -0.447 e. The normalized spacial score (nSPS) is 17.0. The Hall–Kier alpha value is -1.40. The summed E-state index contributed by atoms with van der Waals surface area (Å²) in [4.78, 5) is 24.9. The maximum absolute atomic E-state index is 12.3. The number of carbonyl (C=O) groups is 2. The number of rotatable bonds is 3. The summed E-state index contributed by atoms with van der Waals surface area (Å²) < 4.78 is 5.70. The number of amides is 2. The van der Waals surface area contributed by atoms with Crippen LogP contribution in [0.3, 0.4) is 0 Å². The number of benzene rings is 1. The third-order valence-corrected chi connectivity index (χ3v) is 4.13. The number of imide groups is 1. The van der Waals surface area contributed by atoms with Crippen molar-refractivity contribution in [3.63, 3.8) is 0 Å². The molecule has 1 aromatic carbocycles. The molecule has 2 rings (SSSR count). The Morgan fingerprint density at radius 3 is 2.75 bits per heavy atom. The highest BCUT2D eigenvalue weighted by Crippen LogP contribution is 2.29. The van der Waals surface area contributed by atoms with Gasteiger partial charge >= 0.3 is 6.09 Å². The number of ether oxygens (including phenoxy) is 1. The van der Waals surface area contributed by atoms with Crippen molar-refractivity contribution in [2.24, 2.45) is 5.73 Å². The smallest absolute Gasteiger partial charge is 0.416 e. The van der Waals surface area contributed by atoms with Crippen LogP contribution in [0, 0.1) is 0 Å². The van der Waals surface area contributed by atoms with Crippen LogP contribution in [0.25, 0.3) is 0 Å². The van der Waals surface area contributed by atoms with Gasteiger partial charge in [0.05, 0.1) is 12.6 Å². The van der Waals surface area contributed by atoms with Gasteiger partial charge in [0, 0.05) is 9.89 Å². The van der Waals surface area contributed by atoms with Gasteiger partial charge in [0.1, 0.15) is 6.61 Å². The summed E-state index contributed by atoms with van der Waals surface area (Å²) in [5, 5.41) is 0. The first-order valence-corrected chi connectivity index (χ1v) is 7.13. The fraction of sp³-hybridized carbons (Fsp3) is 0.429. The lowest BCUT2D eigenvalue weighted by Crippen LogP contribution is -2.53. The molecule has 0 saturated carbocycles. The van der Waals surface area contributed by atoms with E-state index in [0.29, 0.717) is 0 Å². The van der Waals surface area contributed by atoms with Gasteiger partial charge in [0.2, 0.25) is 5.91 Å². The minimum atomic E-state index is -0.817. The summed E-state index contributed by atoms with van der Waals surface area (Å²) in [5.41, 5.74) is 6.44. The molecule has 1 aliphatic rings. The van der Waals surface area contributed by atoms with E-state index >= 15 is 0 Å². The second-order valence-electron chi connectivity index (χ2n) is 5.31. The molecule has 0 spiro atoms. The van der Waals surface area contributed by atoms with E-state index in [2.05, 4.69) is 15.9 Å². The lowest BCUT2D eigenvalue weighted by atomic mass is 9.77. The van der Waals surface area contributed by atoms with Crippen LogP contribution in [0.4, 0.5) is 4.79 Å². The molecule has 1 atom stereocenters. The number of nitrogens with zero attached hydrogens (tertiary/aromatic N) is 1. The average molecular weight is 341 g/mol. The highest BCUT2D eigenvalue weighted by atomic mass is 79.9. The second kappa shape index (κ2) is 5.54. The van der Waals surface area contributed by atoms with Gasteiger partial charge in [-0.15, -0.1) is 0 Å². The second-order valence-corrected chi connectivity index (χ2v) is 6.23. The number of nitrogens with two attached hydrogens (primary N) is 1. The van der Waals surface area contributed by atoms with Crippen molar-refractivity contribution in [2.75, 3.05) is 13.2 Å². The van der Waals surface area contributed by atoms with Gasteiger partial charge in [-0.05, 0) is 17.7 Å². The topological polar surface area (TPSA) is 72.6 Å². The van der Waals surface area contributed by atoms with Crippen LogP contribution in [0.15, 0.2) is 28.7 Å². The lowest BCUT2D eigenvalue weighted by molar-refractivity contribution is -0.130. The third kappa shape index (κ3) is 2.71. The molecule has 5 nitrogen and oxygen atoms in total. The molecule has 0 aromatic heterocycles. The Balaban J connectivity index is 2.24. The molecule has 1 heterocycles. The fourth-order valence-electron chi connectivity index (χ4n) is 2.14. The first kappa shape index (κ1) is 15.0. The molecule has 0 bridgehead atoms. The van der Waals surface area contributed by atoms with Crippen molar-refractivity contribution >= 4 is 27.9 Å². The zero-order chi connectivity index (χ0) is 14.9. The molecule has 2 N–H and O–H groups in total. The van der Waals surface area contributed by atoms with Crippen molar-refractivity contribution in [1.29, 1.82) is 0 Å². The van der Waals surface area contributed by atoms with Crippen LogP contribution < -0.4 is 5.73 Å². The number of hydrogen-bond acceptors (Lipinski definition) is 4. The van der Waals surface area contributed by atoms with Gasteiger partial charge in [-0.25, -0.2) is 9.69 Å². The Kier molecular flexibility index (Phi) is 4.15. The molecule has 1 aromatic rings. The van der Waals surface area contributed by atoms with E-state index in [4.69, 9.17) is 10.5 Å². The molecule has 1 fully saturated rings. The van der Waals surface area contributed by atoms with Gasteiger partial charge in [0.15, 0.2) is 0 Å². The summed E-state index contributed by atoms with van der Waals surface area (Å²) in [6.45, 7) is 4.27. The van der Waals surface area contributed by atoms with E-state index < -0.39 is 23.5 Å². The minimum absolute atomic E-state index is 0.231. The molecule has 1 aliphatic heterocycles. The highest BCUT2D eigenvalue weighted by Gasteiger charge is 2.40. The van der Waals surface area contributed by atoms with Gasteiger partial charge in [-0.1, -0.05) is 41.9 Å².